The smallest absolute Gasteiger partial charge is 0.0756 e. The van der Waals surface area contributed by atoms with Gasteiger partial charge < -0.3 is 5.32 Å². The van der Waals surface area contributed by atoms with Gasteiger partial charge in [-0.15, -0.1) is 5.10 Å². The van der Waals surface area contributed by atoms with Crippen molar-refractivity contribution in [3.8, 4) is 0 Å². The number of rotatable bonds is 4. The van der Waals surface area contributed by atoms with Crippen LogP contribution in [0.2, 0.25) is 0 Å². The van der Waals surface area contributed by atoms with Crippen LogP contribution in [0.3, 0.4) is 0 Å². The minimum absolute atomic E-state index is 0.331. The highest BCUT2D eigenvalue weighted by atomic mass is 15.4. The van der Waals surface area contributed by atoms with Gasteiger partial charge in [0.2, 0.25) is 0 Å². The van der Waals surface area contributed by atoms with Crippen molar-refractivity contribution >= 4 is 0 Å². The summed E-state index contributed by atoms with van der Waals surface area (Å²) < 4.78 is 1.89. The molecular weight excluding hydrogens is 236 g/mol. The van der Waals surface area contributed by atoms with Gasteiger partial charge >= 0.3 is 0 Å². The molecule has 1 aliphatic rings. The molecule has 1 aromatic heterocycles. The lowest BCUT2D eigenvalue weighted by atomic mass is 9.94. The van der Waals surface area contributed by atoms with Crippen molar-refractivity contribution in [2.75, 3.05) is 6.54 Å². The summed E-state index contributed by atoms with van der Waals surface area (Å²) in [5.41, 5.74) is 4.16. The average Bonchev–Trinajstić information content (AvgIpc) is 3.02. The standard InChI is InChI=1S/C15H20N4/c1-3-16-15(14-10-17-18-19(14)2)13-8-11-6-4-5-7-12(11)9-13/h4-7,10,13,15-16H,3,8-9H2,1-2H3. The number of hydrogen-bond donors (Lipinski definition) is 1. The topological polar surface area (TPSA) is 42.7 Å². The Morgan fingerprint density at radius 3 is 2.53 bits per heavy atom. The van der Waals surface area contributed by atoms with E-state index in [1.807, 2.05) is 17.9 Å². The van der Waals surface area contributed by atoms with Crippen LogP contribution in [0.15, 0.2) is 30.5 Å². The molecule has 1 aromatic carbocycles. The second-order valence-electron chi connectivity index (χ2n) is 5.25. The van der Waals surface area contributed by atoms with Crippen molar-refractivity contribution in [2.24, 2.45) is 13.0 Å². The number of fused-ring (bicyclic) bond motifs is 1. The van der Waals surface area contributed by atoms with Crippen LogP contribution >= 0.6 is 0 Å². The molecule has 0 fully saturated rings. The normalized spacial score (nSPS) is 16.5. The molecule has 100 valence electrons. The highest BCUT2D eigenvalue weighted by molar-refractivity contribution is 5.33. The van der Waals surface area contributed by atoms with Crippen molar-refractivity contribution in [3.63, 3.8) is 0 Å². The number of aryl methyl sites for hydroxylation is 1. The van der Waals surface area contributed by atoms with E-state index >= 15 is 0 Å². The zero-order chi connectivity index (χ0) is 13.2. The predicted octanol–water partition coefficient (Wildman–Crippen LogP) is 1.88. The first-order chi connectivity index (χ1) is 9.29. The van der Waals surface area contributed by atoms with Gasteiger partial charge in [0.15, 0.2) is 0 Å². The highest BCUT2D eigenvalue weighted by Gasteiger charge is 2.30. The third-order valence-electron chi connectivity index (χ3n) is 4.05. The van der Waals surface area contributed by atoms with E-state index in [0.29, 0.717) is 12.0 Å². The van der Waals surface area contributed by atoms with Gasteiger partial charge in [-0.1, -0.05) is 36.4 Å². The maximum atomic E-state index is 4.07. The lowest BCUT2D eigenvalue weighted by Gasteiger charge is -2.23. The number of aromatic nitrogens is 3. The van der Waals surface area contributed by atoms with E-state index in [4.69, 9.17) is 0 Å². The molecule has 1 atom stereocenters. The van der Waals surface area contributed by atoms with Crippen LogP contribution in [-0.4, -0.2) is 21.5 Å². The van der Waals surface area contributed by atoms with Crippen LogP contribution in [-0.2, 0) is 19.9 Å². The molecule has 4 heteroatoms. The van der Waals surface area contributed by atoms with Gasteiger partial charge in [0.05, 0.1) is 17.9 Å². The van der Waals surface area contributed by atoms with Crippen LogP contribution in [0, 0.1) is 5.92 Å². The predicted molar refractivity (Wildman–Crippen MR) is 74.8 cm³/mol. The van der Waals surface area contributed by atoms with E-state index in [-0.39, 0.29) is 0 Å². The number of hydrogen-bond acceptors (Lipinski definition) is 3. The average molecular weight is 256 g/mol. The largest absolute Gasteiger partial charge is 0.309 e. The fraction of sp³-hybridized carbons (Fsp3) is 0.467. The van der Waals surface area contributed by atoms with Crippen LogP contribution in [0.4, 0.5) is 0 Å². The molecular formula is C15H20N4. The second kappa shape index (κ2) is 5.13. The van der Waals surface area contributed by atoms with Crippen molar-refractivity contribution in [1.29, 1.82) is 0 Å². The Morgan fingerprint density at radius 1 is 1.32 bits per heavy atom. The molecule has 1 heterocycles. The quantitative estimate of drug-likeness (QED) is 0.908. The molecule has 0 saturated carbocycles. The lowest BCUT2D eigenvalue weighted by Crippen LogP contribution is -2.30. The number of nitrogens with one attached hydrogen (secondary N) is 1. The molecule has 0 spiro atoms. The number of benzene rings is 1. The van der Waals surface area contributed by atoms with Gasteiger partial charge in [-0.2, -0.15) is 0 Å². The Balaban J connectivity index is 1.86. The Kier molecular flexibility index (Phi) is 3.34. The summed E-state index contributed by atoms with van der Waals surface area (Å²) in [7, 11) is 1.97. The molecule has 2 aromatic rings. The summed E-state index contributed by atoms with van der Waals surface area (Å²) in [6, 6.07) is 9.10. The summed E-state index contributed by atoms with van der Waals surface area (Å²) in [5.74, 6) is 0.592. The van der Waals surface area contributed by atoms with Crippen molar-refractivity contribution in [1.82, 2.24) is 20.3 Å². The molecule has 4 nitrogen and oxygen atoms in total. The van der Waals surface area contributed by atoms with Crippen LogP contribution in [0.1, 0.15) is 29.8 Å². The molecule has 19 heavy (non-hydrogen) atoms. The minimum atomic E-state index is 0.331. The molecule has 1 N–H and O–H groups in total. The summed E-state index contributed by atoms with van der Waals surface area (Å²) in [4.78, 5) is 0. The first-order valence-electron chi connectivity index (χ1n) is 6.94. The molecule has 0 bridgehead atoms. The van der Waals surface area contributed by atoms with Crippen LogP contribution < -0.4 is 5.32 Å². The van der Waals surface area contributed by atoms with Crippen molar-refractivity contribution < 1.29 is 0 Å². The summed E-state index contributed by atoms with van der Waals surface area (Å²) >= 11 is 0. The minimum Gasteiger partial charge on any atom is -0.309 e. The fourth-order valence-electron chi connectivity index (χ4n) is 3.14. The monoisotopic (exact) mass is 256 g/mol. The van der Waals surface area contributed by atoms with Gasteiger partial charge in [-0.05, 0) is 36.4 Å². The van der Waals surface area contributed by atoms with E-state index in [2.05, 4.69) is 46.8 Å². The Morgan fingerprint density at radius 2 is 2.00 bits per heavy atom. The van der Waals surface area contributed by atoms with Crippen LogP contribution in [0.25, 0.3) is 0 Å². The van der Waals surface area contributed by atoms with Crippen molar-refractivity contribution in [2.45, 2.75) is 25.8 Å². The molecule has 1 aliphatic carbocycles. The second-order valence-corrected chi connectivity index (χ2v) is 5.25. The molecule has 0 amide bonds. The first-order valence-corrected chi connectivity index (χ1v) is 6.94. The summed E-state index contributed by atoms with van der Waals surface area (Å²) in [6.45, 7) is 3.11. The maximum absolute atomic E-state index is 4.07. The van der Waals surface area contributed by atoms with E-state index < -0.39 is 0 Å². The molecule has 3 rings (SSSR count). The van der Waals surface area contributed by atoms with Gasteiger partial charge in [0, 0.05) is 7.05 Å². The molecule has 1 unspecified atom stereocenters. The summed E-state index contributed by atoms with van der Waals surface area (Å²) in [5, 5.41) is 11.7. The Labute approximate surface area is 113 Å². The van der Waals surface area contributed by atoms with Gasteiger partial charge in [0.25, 0.3) is 0 Å². The molecule has 0 aliphatic heterocycles. The first kappa shape index (κ1) is 12.4. The fourth-order valence-corrected chi connectivity index (χ4v) is 3.14. The maximum Gasteiger partial charge on any atom is 0.0756 e. The third-order valence-corrected chi connectivity index (χ3v) is 4.05. The molecule has 0 saturated heterocycles. The molecule has 0 radical (unpaired) electrons. The van der Waals surface area contributed by atoms with Gasteiger partial charge in [0.1, 0.15) is 0 Å². The van der Waals surface area contributed by atoms with E-state index in [0.717, 1.165) is 19.4 Å². The SMILES string of the molecule is CCNC(c1cnnn1C)C1Cc2ccccc2C1. The summed E-state index contributed by atoms with van der Waals surface area (Å²) in [6.07, 6.45) is 4.16. The lowest BCUT2D eigenvalue weighted by molar-refractivity contribution is 0.362. The number of nitrogens with zero attached hydrogens (tertiary/aromatic N) is 3. The zero-order valence-electron chi connectivity index (χ0n) is 11.5. The Hall–Kier alpha value is -1.68. The van der Waals surface area contributed by atoms with E-state index in [9.17, 15) is 0 Å². The Bertz CT molecular complexity index is 536. The van der Waals surface area contributed by atoms with E-state index in [1.54, 1.807) is 0 Å². The van der Waals surface area contributed by atoms with E-state index in [1.165, 1.54) is 16.8 Å². The van der Waals surface area contributed by atoms with Crippen molar-refractivity contribution in [3.05, 3.63) is 47.3 Å². The highest BCUT2D eigenvalue weighted by Crippen LogP contribution is 2.34. The third kappa shape index (κ3) is 2.28. The van der Waals surface area contributed by atoms with Crippen LogP contribution in [0.5, 0.6) is 0 Å². The zero-order valence-corrected chi connectivity index (χ0v) is 11.5. The van der Waals surface area contributed by atoms with Gasteiger partial charge in [-0.3, -0.25) is 4.68 Å². The van der Waals surface area contributed by atoms with Gasteiger partial charge in [-0.25, -0.2) is 0 Å².